The lowest BCUT2D eigenvalue weighted by atomic mass is 10.1. The highest BCUT2D eigenvalue weighted by atomic mass is 127. The number of anilines is 1. The molecule has 2 aromatic carbocycles. The molecular formula is C17H14IN5O. The van der Waals surface area contributed by atoms with Gasteiger partial charge in [-0.3, -0.25) is 4.79 Å². The Labute approximate surface area is 152 Å². The van der Waals surface area contributed by atoms with Crippen LogP contribution in [-0.4, -0.2) is 26.1 Å². The first-order chi connectivity index (χ1) is 11.7. The number of halogens is 1. The van der Waals surface area contributed by atoms with Crippen LogP contribution in [0.2, 0.25) is 0 Å². The standard InChI is InChI=1S/C17H14IN5O/c18-15-7-2-1-6-14(15)17(24)19-12-5-3-4-11(10-12)16-20-21-22-23(16)13-8-9-13/h1-7,10,13H,8-9H2,(H,19,24). The van der Waals surface area contributed by atoms with Gasteiger partial charge >= 0.3 is 0 Å². The highest BCUT2D eigenvalue weighted by molar-refractivity contribution is 14.1. The van der Waals surface area contributed by atoms with Gasteiger partial charge in [-0.1, -0.05) is 24.3 Å². The van der Waals surface area contributed by atoms with Gasteiger partial charge in [0.2, 0.25) is 0 Å². The SMILES string of the molecule is O=C(Nc1cccc(-c2nnnn2C2CC2)c1)c1ccccc1I. The Kier molecular flexibility index (Phi) is 4.01. The zero-order chi connectivity index (χ0) is 16.5. The molecule has 0 bridgehead atoms. The molecule has 1 aliphatic carbocycles. The Balaban J connectivity index is 1.60. The van der Waals surface area contributed by atoms with E-state index in [0.29, 0.717) is 11.6 Å². The summed E-state index contributed by atoms with van der Waals surface area (Å²) in [5.41, 5.74) is 2.28. The second-order valence-electron chi connectivity index (χ2n) is 5.69. The number of hydrogen-bond donors (Lipinski definition) is 1. The Morgan fingerprint density at radius 1 is 1.17 bits per heavy atom. The van der Waals surface area contributed by atoms with E-state index < -0.39 is 0 Å². The Morgan fingerprint density at radius 2 is 2.00 bits per heavy atom. The minimum atomic E-state index is -0.126. The van der Waals surface area contributed by atoms with E-state index in [2.05, 4.69) is 43.4 Å². The van der Waals surface area contributed by atoms with Gasteiger partial charge in [-0.05, 0) is 70.1 Å². The van der Waals surface area contributed by atoms with Crippen molar-refractivity contribution in [2.45, 2.75) is 18.9 Å². The van der Waals surface area contributed by atoms with Gasteiger partial charge in [-0.25, -0.2) is 4.68 Å². The smallest absolute Gasteiger partial charge is 0.256 e. The van der Waals surface area contributed by atoms with E-state index in [1.54, 1.807) is 0 Å². The van der Waals surface area contributed by atoms with E-state index in [-0.39, 0.29) is 5.91 Å². The van der Waals surface area contributed by atoms with Gasteiger partial charge in [0, 0.05) is 14.8 Å². The van der Waals surface area contributed by atoms with Crippen molar-refractivity contribution in [1.29, 1.82) is 0 Å². The average Bonchev–Trinajstić information content (AvgIpc) is 3.32. The monoisotopic (exact) mass is 431 g/mol. The minimum absolute atomic E-state index is 0.126. The van der Waals surface area contributed by atoms with Crippen LogP contribution in [0.15, 0.2) is 48.5 Å². The third-order valence-corrected chi connectivity index (χ3v) is 4.82. The lowest BCUT2D eigenvalue weighted by molar-refractivity contribution is 0.102. The van der Waals surface area contributed by atoms with Gasteiger partial charge < -0.3 is 5.32 Å². The van der Waals surface area contributed by atoms with Crippen molar-refractivity contribution in [3.8, 4) is 11.4 Å². The molecule has 0 aliphatic heterocycles. The molecule has 0 unspecified atom stereocenters. The molecule has 0 atom stereocenters. The summed E-state index contributed by atoms with van der Waals surface area (Å²) in [6.07, 6.45) is 2.22. The molecule has 0 spiro atoms. The first-order valence-electron chi connectivity index (χ1n) is 7.66. The van der Waals surface area contributed by atoms with Crippen molar-refractivity contribution in [3.05, 3.63) is 57.7 Å². The predicted octanol–water partition coefficient (Wildman–Crippen LogP) is 3.53. The third-order valence-electron chi connectivity index (χ3n) is 3.88. The molecular weight excluding hydrogens is 417 g/mol. The maximum Gasteiger partial charge on any atom is 0.256 e. The second-order valence-corrected chi connectivity index (χ2v) is 6.86. The molecule has 0 saturated heterocycles. The fraction of sp³-hybridized carbons (Fsp3) is 0.176. The second kappa shape index (κ2) is 6.31. The van der Waals surface area contributed by atoms with E-state index in [1.807, 2.05) is 53.2 Å². The van der Waals surface area contributed by atoms with Crippen LogP contribution >= 0.6 is 22.6 Å². The summed E-state index contributed by atoms with van der Waals surface area (Å²) < 4.78 is 2.78. The van der Waals surface area contributed by atoms with Crippen LogP contribution in [0.25, 0.3) is 11.4 Å². The summed E-state index contributed by atoms with van der Waals surface area (Å²) in [6.45, 7) is 0. The number of carbonyl (C=O) groups excluding carboxylic acids is 1. The molecule has 1 aromatic heterocycles. The first kappa shape index (κ1) is 15.3. The number of nitrogens with zero attached hydrogens (tertiary/aromatic N) is 4. The normalized spacial score (nSPS) is 13.7. The number of rotatable bonds is 4. The zero-order valence-corrected chi connectivity index (χ0v) is 14.8. The molecule has 120 valence electrons. The predicted molar refractivity (Wildman–Crippen MR) is 98.6 cm³/mol. The molecule has 3 aromatic rings. The van der Waals surface area contributed by atoms with Gasteiger partial charge in [0.25, 0.3) is 5.91 Å². The van der Waals surface area contributed by atoms with E-state index in [9.17, 15) is 4.79 Å². The summed E-state index contributed by atoms with van der Waals surface area (Å²) in [5, 5.41) is 14.9. The van der Waals surface area contributed by atoms with E-state index >= 15 is 0 Å². The highest BCUT2D eigenvalue weighted by Crippen LogP contribution is 2.36. The van der Waals surface area contributed by atoms with Crippen LogP contribution in [0.4, 0.5) is 5.69 Å². The van der Waals surface area contributed by atoms with Crippen molar-refractivity contribution in [2.24, 2.45) is 0 Å². The number of hydrogen-bond acceptors (Lipinski definition) is 4. The lowest BCUT2D eigenvalue weighted by Gasteiger charge is -2.08. The minimum Gasteiger partial charge on any atom is -0.322 e. The molecule has 6 nitrogen and oxygen atoms in total. The van der Waals surface area contributed by atoms with Crippen LogP contribution in [0.5, 0.6) is 0 Å². The van der Waals surface area contributed by atoms with Gasteiger partial charge in [0.1, 0.15) is 0 Å². The number of nitrogens with one attached hydrogen (secondary N) is 1. The van der Waals surface area contributed by atoms with Crippen LogP contribution in [0.3, 0.4) is 0 Å². The molecule has 1 saturated carbocycles. The third kappa shape index (κ3) is 3.03. The molecule has 4 rings (SSSR count). The van der Waals surface area contributed by atoms with Crippen molar-refractivity contribution in [3.63, 3.8) is 0 Å². The van der Waals surface area contributed by atoms with Crippen molar-refractivity contribution in [1.82, 2.24) is 20.2 Å². The molecule has 1 heterocycles. The average molecular weight is 431 g/mol. The molecule has 1 N–H and O–H groups in total. The maximum absolute atomic E-state index is 12.5. The number of carbonyl (C=O) groups is 1. The topological polar surface area (TPSA) is 72.7 Å². The van der Waals surface area contributed by atoms with Gasteiger partial charge in [-0.15, -0.1) is 5.10 Å². The van der Waals surface area contributed by atoms with Crippen LogP contribution in [0, 0.1) is 3.57 Å². The largest absolute Gasteiger partial charge is 0.322 e. The highest BCUT2D eigenvalue weighted by Gasteiger charge is 2.28. The zero-order valence-electron chi connectivity index (χ0n) is 12.7. The molecule has 7 heteroatoms. The fourth-order valence-corrected chi connectivity index (χ4v) is 3.16. The molecule has 0 radical (unpaired) electrons. The van der Waals surface area contributed by atoms with Crippen molar-refractivity contribution < 1.29 is 4.79 Å². The molecule has 1 aliphatic rings. The number of tetrazole rings is 1. The summed E-state index contributed by atoms with van der Waals surface area (Å²) >= 11 is 2.16. The Bertz CT molecular complexity index is 903. The number of aromatic nitrogens is 4. The Hall–Kier alpha value is -2.29. The number of amides is 1. The Morgan fingerprint density at radius 3 is 2.79 bits per heavy atom. The van der Waals surface area contributed by atoms with Gasteiger partial charge in [0.05, 0.1) is 11.6 Å². The number of benzene rings is 2. The van der Waals surface area contributed by atoms with Crippen LogP contribution < -0.4 is 5.32 Å². The van der Waals surface area contributed by atoms with Crippen LogP contribution in [-0.2, 0) is 0 Å². The van der Waals surface area contributed by atoms with Crippen molar-refractivity contribution in [2.75, 3.05) is 5.32 Å². The quantitative estimate of drug-likeness (QED) is 0.642. The van der Waals surface area contributed by atoms with E-state index in [1.165, 1.54) is 0 Å². The molecule has 24 heavy (non-hydrogen) atoms. The summed E-state index contributed by atoms with van der Waals surface area (Å²) in [7, 11) is 0. The van der Waals surface area contributed by atoms with E-state index in [4.69, 9.17) is 0 Å². The summed E-state index contributed by atoms with van der Waals surface area (Å²) in [6, 6.07) is 15.5. The van der Waals surface area contributed by atoms with Gasteiger partial charge in [-0.2, -0.15) is 0 Å². The molecule has 1 amide bonds. The van der Waals surface area contributed by atoms with Gasteiger partial charge in [0.15, 0.2) is 5.82 Å². The van der Waals surface area contributed by atoms with Crippen molar-refractivity contribution >= 4 is 34.2 Å². The summed E-state index contributed by atoms with van der Waals surface area (Å²) in [5.74, 6) is 0.613. The molecule has 1 fully saturated rings. The van der Waals surface area contributed by atoms with E-state index in [0.717, 1.165) is 33.5 Å². The summed E-state index contributed by atoms with van der Waals surface area (Å²) in [4.78, 5) is 12.5. The fourth-order valence-electron chi connectivity index (χ4n) is 2.53. The van der Waals surface area contributed by atoms with Crippen LogP contribution in [0.1, 0.15) is 29.2 Å². The maximum atomic E-state index is 12.5. The lowest BCUT2D eigenvalue weighted by Crippen LogP contribution is -2.13. The first-order valence-corrected chi connectivity index (χ1v) is 8.74.